The molecular weight excluding hydrogens is 667 g/mol. The van der Waals surface area contributed by atoms with E-state index in [4.69, 9.17) is 13.6 Å². The van der Waals surface area contributed by atoms with E-state index in [-0.39, 0.29) is 23.1 Å². The highest BCUT2D eigenvalue weighted by Crippen LogP contribution is 2.43. The molecule has 0 atom stereocenters. The van der Waals surface area contributed by atoms with Gasteiger partial charge in [-0.25, -0.2) is 0 Å². The van der Waals surface area contributed by atoms with Crippen molar-refractivity contribution in [1.82, 2.24) is 0 Å². The second-order valence-electron chi connectivity index (χ2n) is 15.0. The number of allylic oxidation sites excluding steroid dienone is 2. The fourth-order valence-electron chi connectivity index (χ4n) is 3.87. The lowest BCUT2D eigenvalue weighted by Crippen LogP contribution is -2.55. The van der Waals surface area contributed by atoms with E-state index in [9.17, 15) is 31.4 Å². The molecule has 1 N–H and O–H groups in total. The Kier molecular flexibility index (Phi) is 13.1. The van der Waals surface area contributed by atoms with Gasteiger partial charge in [-0.1, -0.05) is 78.7 Å². The molecule has 0 aliphatic heterocycles. The van der Waals surface area contributed by atoms with Crippen molar-refractivity contribution in [1.29, 1.82) is 0 Å². The Labute approximate surface area is 284 Å². The molecule has 0 saturated carbocycles. The van der Waals surface area contributed by atoms with Crippen LogP contribution in [0.25, 0.3) is 5.57 Å². The summed E-state index contributed by atoms with van der Waals surface area (Å²) in [6, 6.07) is 12.7. The summed E-state index contributed by atoms with van der Waals surface area (Å²) in [5, 5.41) is 9.41. The van der Waals surface area contributed by atoms with Crippen molar-refractivity contribution in [3.63, 3.8) is 0 Å². The zero-order valence-electron chi connectivity index (χ0n) is 29.9. The lowest BCUT2D eigenvalue weighted by atomic mass is 10.0. The third kappa shape index (κ3) is 10.5. The third-order valence-corrected chi connectivity index (χ3v) is 18.3. The SMILES string of the molecule is CC/C(=C\C#CC(O)(C(F)(F)F)C(F)(F)F)c1cccc(OCc2ccc(CO[Si](C)(C)C(C)(C)C)c(CO[Si](C)(C)C(C)(C)C)c2)c1. The monoisotopic (exact) mass is 716 g/mol. The molecule has 0 heterocycles. The fourth-order valence-corrected chi connectivity index (χ4v) is 5.76. The summed E-state index contributed by atoms with van der Waals surface area (Å²) in [6.45, 7) is 24.8. The van der Waals surface area contributed by atoms with Gasteiger partial charge in [-0.05, 0) is 101 Å². The molecule has 4 nitrogen and oxygen atoms in total. The third-order valence-electron chi connectivity index (χ3n) is 9.37. The summed E-state index contributed by atoms with van der Waals surface area (Å²) in [5.41, 5.74) is -1.31. The molecule has 2 aromatic rings. The van der Waals surface area contributed by atoms with Gasteiger partial charge in [0, 0.05) is 0 Å². The van der Waals surface area contributed by atoms with Crippen molar-refractivity contribution < 1.29 is 45.0 Å². The number of aliphatic hydroxyl groups is 1. The molecule has 0 spiro atoms. The molecule has 0 aromatic heterocycles. The molecule has 0 amide bonds. The van der Waals surface area contributed by atoms with Gasteiger partial charge in [0.25, 0.3) is 0 Å². The van der Waals surface area contributed by atoms with Gasteiger partial charge < -0.3 is 18.7 Å². The number of halogens is 6. The van der Waals surface area contributed by atoms with Crippen LogP contribution in [0.4, 0.5) is 26.3 Å². The Balaban J connectivity index is 2.35. The second-order valence-corrected chi connectivity index (χ2v) is 24.6. The average molecular weight is 717 g/mol. The lowest BCUT2D eigenvalue weighted by molar-refractivity contribution is -0.343. The molecule has 12 heteroatoms. The largest absolute Gasteiger partial charge is 0.489 e. The molecule has 268 valence electrons. The van der Waals surface area contributed by atoms with Crippen molar-refractivity contribution >= 4 is 22.2 Å². The molecule has 0 unspecified atom stereocenters. The molecule has 0 aliphatic carbocycles. The zero-order valence-corrected chi connectivity index (χ0v) is 31.9. The first-order chi connectivity index (χ1) is 21.6. The number of hydrogen-bond donors (Lipinski definition) is 1. The molecule has 0 bridgehead atoms. The first kappa shape index (κ1) is 41.6. The Hall–Kier alpha value is -2.57. The minimum atomic E-state index is -6.01. The van der Waals surface area contributed by atoms with Crippen LogP contribution in [0.15, 0.2) is 48.5 Å². The normalized spacial score (nSPS) is 14.1. The van der Waals surface area contributed by atoms with E-state index < -0.39 is 34.6 Å². The molecule has 0 aliphatic rings. The molecule has 0 radical (unpaired) electrons. The predicted molar refractivity (Wildman–Crippen MR) is 184 cm³/mol. The Morgan fingerprint density at radius 1 is 0.750 bits per heavy atom. The summed E-state index contributed by atoms with van der Waals surface area (Å²) >= 11 is 0. The maximum absolute atomic E-state index is 13.0. The van der Waals surface area contributed by atoms with Gasteiger partial charge in [-0.2, -0.15) is 26.3 Å². The molecule has 0 saturated heterocycles. The van der Waals surface area contributed by atoms with E-state index in [1.54, 1.807) is 37.1 Å². The average Bonchev–Trinajstić information content (AvgIpc) is 2.94. The minimum absolute atomic E-state index is 0.0335. The highest BCUT2D eigenvalue weighted by molar-refractivity contribution is 6.74. The van der Waals surface area contributed by atoms with E-state index in [0.29, 0.717) is 30.1 Å². The predicted octanol–water partition coefficient (Wildman–Crippen LogP) is 11.0. The van der Waals surface area contributed by atoms with Gasteiger partial charge in [0.2, 0.25) is 0 Å². The van der Waals surface area contributed by atoms with Gasteiger partial charge in [-0.3, -0.25) is 0 Å². The Bertz CT molecular complexity index is 1470. The maximum atomic E-state index is 13.0. The molecule has 48 heavy (non-hydrogen) atoms. The first-order valence-corrected chi connectivity index (χ1v) is 21.7. The van der Waals surface area contributed by atoms with Gasteiger partial charge in [0.1, 0.15) is 12.4 Å². The van der Waals surface area contributed by atoms with E-state index >= 15 is 0 Å². The first-order valence-electron chi connectivity index (χ1n) is 15.8. The van der Waals surface area contributed by atoms with Crippen LogP contribution in [0.1, 0.15) is 77.1 Å². The quantitative estimate of drug-likeness (QED) is 0.143. The molecular formula is C36H50F6O4Si2. The summed E-state index contributed by atoms with van der Waals surface area (Å²) in [4.78, 5) is 0. The topological polar surface area (TPSA) is 47.9 Å². The Morgan fingerprint density at radius 3 is 1.75 bits per heavy atom. The van der Waals surface area contributed by atoms with Crippen LogP contribution in [0.2, 0.25) is 36.3 Å². The highest BCUT2D eigenvalue weighted by atomic mass is 28.4. The van der Waals surface area contributed by atoms with Crippen molar-refractivity contribution in [2.45, 2.75) is 129 Å². The van der Waals surface area contributed by atoms with Crippen LogP contribution in [-0.2, 0) is 28.7 Å². The number of alkyl halides is 6. The number of rotatable bonds is 11. The van der Waals surface area contributed by atoms with Crippen molar-refractivity contribution in [3.05, 3.63) is 70.8 Å². The molecule has 2 aromatic carbocycles. The van der Waals surface area contributed by atoms with E-state index in [2.05, 4.69) is 73.8 Å². The highest BCUT2D eigenvalue weighted by Gasteiger charge is 2.70. The number of hydrogen-bond acceptors (Lipinski definition) is 4. The van der Waals surface area contributed by atoms with Crippen molar-refractivity contribution in [2.24, 2.45) is 0 Å². The summed E-state index contributed by atoms with van der Waals surface area (Å²) in [7, 11) is -4.06. The van der Waals surface area contributed by atoms with E-state index in [1.165, 1.54) is 0 Å². The van der Waals surface area contributed by atoms with E-state index in [1.807, 2.05) is 12.1 Å². The van der Waals surface area contributed by atoms with Gasteiger partial charge in [0.15, 0.2) is 16.6 Å². The van der Waals surface area contributed by atoms with Gasteiger partial charge in [0.05, 0.1) is 13.2 Å². The van der Waals surface area contributed by atoms with Crippen LogP contribution in [0.3, 0.4) is 0 Å². The van der Waals surface area contributed by atoms with Crippen LogP contribution in [0.5, 0.6) is 5.75 Å². The smallest absolute Gasteiger partial charge is 0.438 e. The van der Waals surface area contributed by atoms with Gasteiger partial charge in [-0.15, -0.1) is 0 Å². The second kappa shape index (κ2) is 15.1. The van der Waals surface area contributed by atoms with Crippen LogP contribution >= 0.6 is 0 Å². The van der Waals surface area contributed by atoms with Crippen LogP contribution < -0.4 is 4.74 Å². The fraction of sp³-hybridized carbons (Fsp3) is 0.556. The van der Waals surface area contributed by atoms with Crippen LogP contribution in [0, 0.1) is 11.8 Å². The number of benzene rings is 2. The number of ether oxygens (including phenoxy) is 1. The molecule has 2 rings (SSSR count). The minimum Gasteiger partial charge on any atom is -0.489 e. The van der Waals surface area contributed by atoms with Crippen LogP contribution in [-0.4, -0.2) is 39.7 Å². The van der Waals surface area contributed by atoms with Crippen molar-refractivity contribution in [2.75, 3.05) is 0 Å². The zero-order chi connectivity index (χ0) is 37.0. The lowest BCUT2D eigenvalue weighted by Gasteiger charge is -2.37. The van der Waals surface area contributed by atoms with Crippen molar-refractivity contribution in [3.8, 4) is 17.6 Å². The van der Waals surface area contributed by atoms with Gasteiger partial charge >= 0.3 is 18.0 Å². The summed E-state index contributed by atoms with van der Waals surface area (Å²) < 4.78 is 97.2. The Morgan fingerprint density at radius 2 is 1.27 bits per heavy atom. The maximum Gasteiger partial charge on any atom is 0.438 e. The molecule has 0 fully saturated rings. The summed E-state index contributed by atoms with van der Waals surface area (Å²) in [6.07, 6.45) is -10.8. The standard InChI is InChI=1S/C36H50F6O4Si2/c1-12-27(16-14-20-34(43,35(37,38)39)36(40,41)42)28-15-13-17-31(22-28)44-23-26-18-19-29(24-45-47(8,9)32(2,3)4)30(21-26)25-46-48(10,11)33(5,6)7/h13,15-19,21-22,43H,12,23-25H2,1-11H3/b27-16+. The summed E-state index contributed by atoms with van der Waals surface area (Å²) in [5.74, 6) is 3.19. The van der Waals surface area contributed by atoms with E-state index in [0.717, 1.165) is 28.7 Å².